The van der Waals surface area contributed by atoms with Crippen LogP contribution in [0.2, 0.25) is 0 Å². The van der Waals surface area contributed by atoms with Gasteiger partial charge in [0.2, 0.25) is 5.91 Å². The van der Waals surface area contributed by atoms with E-state index in [0.29, 0.717) is 12.6 Å². The summed E-state index contributed by atoms with van der Waals surface area (Å²) in [6.07, 6.45) is 4.25. The molecular formula is C15H20N2O. The summed E-state index contributed by atoms with van der Waals surface area (Å²) in [6.45, 7) is 1.25. The first kappa shape index (κ1) is 11.7. The minimum absolute atomic E-state index is 0.211. The standard InChI is InChI=1S/C15H20N2O/c16-11-15(8-9-15)14(18)17(13-6-7-13)10-12-4-2-1-3-5-12/h1-5,13H,6-11,16H2. The fourth-order valence-electron chi connectivity index (χ4n) is 2.49. The predicted octanol–water partition coefficient (Wildman–Crippen LogP) is 1.92. The first-order chi connectivity index (χ1) is 8.75. The smallest absolute Gasteiger partial charge is 0.230 e. The topological polar surface area (TPSA) is 46.3 Å². The molecule has 0 aromatic heterocycles. The third-order valence-corrected chi connectivity index (χ3v) is 4.14. The highest BCUT2D eigenvalue weighted by Crippen LogP contribution is 2.48. The average Bonchev–Trinajstić information content (AvgIpc) is 3.30. The molecule has 1 aromatic rings. The predicted molar refractivity (Wildman–Crippen MR) is 70.7 cm³/mol. The van der Waals surface area contributed by atoms with E-state index in [-0.39, 0.29) is 11.3 Å². The molecule has 3 rings (SSSR count). The quantitative estimate of drug-likeness (QED) is 0.860. The number of amides is 1. The van der Waals surface area contributed by atoms with Crippen molar-refractivity contribution in [3.05, 3.63) is 35.9 Å². The van der Waals surface area contributed by atoms with Gasteiger partial charge in [-0.25, -0.2) is 0 Å². The van der Waals surface area contributed by atoms with Gasteiger partial charge in [-0.1, -0.05) is 30.3 Å². The molecule has 0 aliphatic heterocycles. The second-order valence-corrected chi connectivity index (χ2v) is 5.63. The van der Waals surface area contributed by atoms with Crippen molar-refractivity contribution in [1.82, 2.24) is 4.90 Å². The van der Waals surface area contributed by atoms with Crippen LogP contribution in [0.25, 0.3) is 0 Å². The normalized spacial score (nSPS) is 20.5. The molecule has 3 heteroatoms. The number of carbonyl (C=O) groups is 1. The van der Waals surface area contributed by atoms with Crippen molar-refractivity contribution in [2.75, 3.05) is 6.54 Å². The molecule has 96 valence electrons. The van der Waals surface area contributed by atoms with Gasteiger partial charge in [0.1, 0.15) is 0 Å². The monoisotopic (exact) mass is 244 g/mol. The molecule has 3 nitrogen and oxygen atoms in total. The van der Waals surface area contributed by atoms with Crippen molar-refractivity contribution in [2.24, 2.45) is 11.1 Å². The summed E-state index contributed by atoms with van der Waals surface area (Å²) >= 11 is 0. The lowest BCUT2D eigenvalue weighted by Crippen LogP contribution is -2.41. The molecule has 2 N–H and O–H groups in total. The number of benzene rings is 1. The summed E-state index contributed by atoms with van der Waals surface area (Å²) in [5, 5.41) is 0. The molecular weight excluding hydrogens is 224 g/mol. The Bertz CT molecular complexity index is 435. The largest absolute Gasteiger partial charge is 0.335 e. The SMILES string of the molecule is NCC1(C(=O)N(Cc2ccccc2)C2CC2)CC1. The zero-order chi connectivity index (χ0) is 12.6. The Morgan fingerprint density at radius 1 is 1.28 bits per heavy atom. The number of hydrogen-bond acceptors (Lipinski definition) is 2. The highest BCUT2D eigenvalue weighted by Gasteiger charge is 2.52. The van der Waals surface area contributed by atoms with Crippen LogP contribution < -0.4 is 5.73 Å². The van der Waals surface area contributed by atoms with Gasteiger partial charge in [-0.2, -0.15) is 0 Å². The van der Waals surface area contributed by atoms with Gasteiger partial charge in [-0.05, 0) is 31.2 Å². The number of nitrogens with zero attached hydrogens (tertiary/aromatic N) is 1. The molecule has 0 bridgehead atoms. The van der Waals surface area contributed by atoms with Gasteiger partial charge in [-0.3, -0.25) is 4.79 Å². The van der Waals surface area contributed by atoms with Crippen LogP contribution >= 0.6 is 0 Å². The van der Waals surface area contributed by atoms with E-state index in [0.717, 1.165) is 32.2 Å². The molecule has 0 saturated heterocycles. The van der Waals surface area contributed by atoms with Crippen molar-refractivity contribution >= 4 is 5.91 Å². The summed E-state index contributed by atoms with van der Waals surface area (Å²) in [5.41, 5.74) is 6.78. The molecule has 2 saturated carbocycles. The molecule has 0 atom stereocenters. The van der Waals surface area contributed by atoms with Crippen LogP contribution in [0.1, 0.15) is 31.2 Å². The second-order valence-electron chi connectivity index (χ2n) is 5.63. The Morgan fingerprint density at radius 3 is 2.44 bits per heavy atom. The summed E-state index contributed by atoms with van der Waals surface area (Å²) in [4.78, 5) is 14.7. The molecule has 2 aliphatic rings. The third kappa shape index (κ3) is 2.15. The Balaban J connectivity index is 1.75. The molecule has 0 radical (unpaired) electrons. The van der Waals surface area contributed by atoms with E-state index in [1.165, 1.54) is 5.56 Å². The van der Waals surface area contributed by atoms with Crippen LogP contribution in [0.5, 0.6) is 0 Å². The van der Waals surface area contributed by atoms with Crippen LogP contribution in [0.15, 0.2) is 30.3 Å². The first-order valence-electron chi connectivity index (χ1n) is 6.80. The van der Waals surface area contributed by atoms with Crippen LogP contribution in [-0.2, 0) is 11.3 Å². The highest BCUT2D eigenvalue weighted by atomic mass is 16.2. The van der Waals surface area contributed by atoms with Gasteiger partial charge in [0.25, 0.3) is 0 Å². The molecule has 1 aromatic carbocycles. The maximum absolute atomic E-state index is 12.6. The minimum Gasteiger partial charge on any atom is -0.335 e. The van der Waals surface area contributed by atoms with E-state index in [1.54, 1.807) is 0 Å². The van der Waals surface area contributed by atoms with Gasteiger partial charge in [0, 0.05) is 19.1 Å². The van der Waals surface area contributed by atoms with Crippen molar-refractivity contribution in [3.8, 4) is 0 Å². The van der Waals surface area contributed by atoms with Gasteiger partial charge in [0.05, 0.1) is 5.41 Å². The Kier molecular flexibility index (Phi) is 2.86. The second kappa shape index (κ2) is 4.39. The zero-order valence-electron chi connectivity index (χ0n) is 10.6. The van der Waals surface area contributed by atoms with E-state index in [2.05, 4.69) is 17.0 Å². The van der Waals surface area contributed by atoms with Crippen molar-refractivity contribution in [2.45, 2.75) is 38.3 Å². The molecule has 18 heavy (non-hydrogen) atoms. The fourth-order valence-corrected chi connectivity index (χ4v) is 2.49. The van der Waals surface area contributed by atoms with Gasteiger partial charge < -0.3 is 10.6 Å². The maximum atomic E-state index is 12.6. The van der Waals surface area contributed by atoms with Crippen LogP contribution in [0.4, 0.5) is 0 Å². The summed E-state index contributed by atoms with van der Waals surface area (Å²) in [5.74, 6) is 0.288. The lowest BCUT2D eigenvalue weighted by molar-refractivity contribution is -0.137. The first-order valence-corrected chi connectivity index (χ1v) is 6.80. The number of hydrogen-bond donors (Lipinski definition) is 1. The van der Waals surface area contributed by atoms with E-state index in [9.17, 15) is 4.79 Å². The van der Waals surface area contributed by atoms with E-state index in [1.807, 2.05) is 18.2 Å². The molecule has 2 aliphatic carbocycles. The lowest BCUT2D eigenvalue weighted by atomic mass is 10.0. The van der Waals surface area contributed by atoms with E-state index >= 15 is 0 Å². The number of carbonyl (C=O) groups excluding carboxylic acids is 1. The highest BCUT2D eigenvalue weighted by molar-refractivity contribution is 5.86. The average molecular weight is 244 g/mol. The van der Waals surface area contributed by atoms with Crippen LogP contribution in [-0.4, -0.2) is 23.4 Å². The van der Waals surface area contributed by atoms with E-state index in [4.69, 9.17) is 5.73 Å². The van der Waals surface area contributed by atoms with Crippen molar-refractivity contribution < 1.29 is 4.79 Å². The maximum Gasteiger partial charge on any atom is 0.230 e. The van der Waals surface area contributed by atoms with Gasteiger partial charge >= 0.3 is 0 Å². The molecule has 0 spiro atoms. The summed E-state index contributed by atoms with van der Waals surface area (Å²) in [7, 11) is 0. The molecule has 0 heterocycles. The van der Waals surface area contributed by atoms with Crippen molar-refractivity contribution in [3.63, 3.8) is 0 Å². The minimum atomic E-state index is -0.211. The zero-order valence-corrected chi connectivity index (χ0v) is 10.6. The van der Waals surface area contributed by atoms with Crippen LogP contribution in [0, 0.1) is 5.41 Å². The van der Waals surface area contributed by atoms with Crippen molar-refractivity contribution in [1.29, 1.82) is 0 Å². The summed E-state index contributed by atoms with van der Waals surface area (Å²) < 4.78 is 0. The Labute approximate surface area is 108 Å². The summed E-state index contributed by atoms with van der Waals surface area (Å²) in [6, 6.07) is 10.7. The molecule has 2 fully saturated rings. The molecule has 1 amide bonds. The lowest BCUT2D eigenvalue weighted by Gasteiger charge is -2.27. The number of rotatable bonds is 5. The molecule has 0 unspecified atom stereocenters. The van der Waals surface area contributed by atoms with E-state index < -0.39 is 0 Å². The third-order valence-electron chi connectivity index (χ3n) is 4.14. The van der Waals surface area contributed by atoms with Crippen LogP contribution in [0.3, 0.4) is 0 Å². The van der Waals surface area contributed by atoms with Gasteiger partial charge in [0.15, 0.2) is 0 Å². The Hall–Kier alpha value is -1.35. The van der Waals surface area contributed by atoms with Gasteiger partial charge in [-0.15, -0.1) is 0 Å². The Morgan fingerprint density at radius 2 is 1.94 bits per heavy atom. The fraction of sp³-hybridized carbons (Fsp3) is 0.533. The number of nitrogens with two attached hydrogens (primary N) is 1.